The van der Waals surface area contributed by atoms with Gasteiger partial charge in [0, 0.05) is 19.4 Å². The van der Waals surface area contributed by atoms with Crippen molar-refractivity contribution in [2.75, 3.05) is 27.2 Å². The highest BCUT2D eigenvalue weighted by Gasteiger charge is 2.04. The van der Waals surface area contributed by atoms with Crippen LogP contribution in [0.25, 0.3) is 0 Å². The van der Waals surface area contributed by atoms with Crippen molar-refractivity contribution in [2.24, 2.45) is 0 Å². The normalized spacial score (nSPS) is 10.8. The fourth-order valence-electron chi connectivity index (χ4n) is 1.63. The quantitative estimate of drug-likeness (QED) is 0.683. The van der Waals surface area contributed by atoms with E-state index in [1.54, 1.807) is 0 Å². The summed E-state index contributed by atoms with van der Waals surface area (Å²) in [6.45, 7) is 3.78. The number of rotatable bonds is 7. The van der Waals surface area contributed by atoms with Crippen molar-refractivity contribution in [3.63, 3.8) is 0 Å². The van der Waals surface area contributed by atoms with Gasteiger partial charge in [0.05, 0.1) is 7.11 Å². The molecule has 17 heavy (non-hydrogen) atoms. The van der Waals surface area contributed by atoms with Gasteiger partial charge in [-0.1, -0.05) is 0 Å². The van der Waals surface area contributed by atoms with Crippen LogP contribution in [0.2, 0.25) is 0 Å². The number of carbonyl (C=O) groups is 1. The van der Waals surface area contributed by atoms with E-state index in [1.165, 1.54) is 7.11 Å². The Morgan fingerprint density at radius 1 is 1.41 bits per heavy atom. The summed E-state index contributed by atoms with van der Waals surface area (Å²) in [6, 6.07) is 3.99. The van der Waals surface area contributed by atoms with E-state index in [-0.39, 0.29) is 5.97 Å². The minimum Gasteiger partial charge on any atom is -0.469 e. The molecule has 0 radical (unpaired) electrons. The van der Waals surface area contributed by atoms with E-state index < -0.39 is 0 Å². The number of carbonyl (C=O) groups excluding carboxylic acids is 1. The van der Waals surface area contributed by atoms with Gasteiger partial charge in [-0.3, -0.25) is 4.79 Å². The van der Waals surface area contributed by atoms with Crippen molar-refractivity contribution >= 4 is 5.97 Å². The lowest BCUT2D eigenvalue weighted by molar-refractivity contribution is -0.140. The van der Waals surface area contributed by atoms with E-state index in [9.17, 15) is 4.79 Å². The molecular formula is C13H21NO3. The first kappa shape index (κ1) is 13.8. The molecule has 0 N–H and O–H groups in total. The molecule has 0 saturated heterocycles. The van der Waals surface area contributed by atoms with Crippen LogP contribution in [0.1, 0.15) is 24.4 Å². The van der Waals surface area contributed by atoms with Gasteiger partial charge < -0.3 is 14.1 Å². The smallest absolute Gasteiger partial charge is 0.305 e. The number of aryl methyl sites for hydroxylation is 1. The van der Waals surface area contributed by atoms with Crippen molar-refractivity contribution in [1.29, 1.82) is 0 Å². The van der Waals surface area contributed by atoms with Crippen LogP contribution in [0.15, 0.2) is 16.5 Å². The molecule has 0 unspecified atom stereocenters. The molecule has 0 amide bonds. The Morgan fingerprint density at radius 3 is 2.76 bits per heavy atom. The average Bonchev–Trinajstić information content (AvgIpc) is 2.72. The van der Waals surface area contributed by atoms with Crippen LogP contribution in [0.4, 0.5) is 0 Å². The lowest BCUT2D eigenvalue weighted by atomic mass is 10.2. The lowest BCUT2D eigenvalue weighted by Gasteiger charge is -2.15. The van der Waals surface area contributed by atoms with Gasteiger partial charge >= 0.3 is 5.97 Å². The van der Waals surface area contributed by atoms with Crippen molar-refractivity contribution in [3.8, 4) is 0 Å². The van der Waals surface area contributed by atoms with E-state index in [2.05, 4.69) is 9.64 Å². The van der Waals surface area contributed by atoms with Gasteiger partial charge in [0.25, 0.3) is 0 Å². The highest BCUT2D eigenvalue weighted by Crippen LogP contribution is 2.07. The lowest BCUT2D eigenvalue weighted by Crippen LogP contribution is -2.23. The zero-order valence-corrected chi connectivity index (χ0v) is 10.9. The fourth-order valence-corrected chi connectivity index (χ4v) is 1.63. The second-order valence-electron chi connectivity index (χ2n) is 4.25. The maximum atomic E-state index is 10.9. The topological polar surface area (TPSA) is 42.7 Å². The summed E-state index contributed by atoms with van der Waals surface area (Å²) in [5.41, 5.74) is 0. The molecule has 0 atom stereocenters. The molecule has 4 heteroatoms. The summed E-state index contributed by atoms with van der Waals surface area (Å²) in [4.78, 5) is 13.1. The SMILES string of the molecule is COC(=O)CCCN(C)CCc1ccc(C)o1. The maximum Gasteiger partial charge on any atom is 0.305 e. The Hall–Kier alpha value is -1.29. The third-order valence-electron chi connectivity index (χ3n) is 2.68. The standard InChI is InChI=1S/C13H21NO3/c1-11-6-7-12(17-11)8-10-14(2)9-4-5-13(15)16-3/h6-7H,4-5,8-10H2,1-3H3. The molecule has 0 saturated carbocycles. The first-order valence-corrected chi connectivity index (χ1v) is 5.92. The maximum absolute atomic E-state index is 10.9. The van der Waals surface area contributed by atoms with Gasteiger partial charge in [0.15, 0.2) is 0 Å². The minimum absolute atomic E-state index is 0.139. The Morgan fingerprint density at radius 2 is 2.18 bits per heavy atom. The molecule has 1 heterocycles. The third kappa shape index (κ3) is 5.54. The summed E-state index contributed by atoms with van der Waals surface area (Å²) in [6.07, 6.45) is 2.23. The van der Waals surface area contributed by atoms with Gasteiger partial charge in [0.2, 0.25) is 0 Å². The van der Waals surface area contributed by atoms with Crippen LogP contribution in [-0.4, -0.2) is 38.1 Å². The van der Waals surface area contributed by atoms with Crippen molar-refractivity contribution in [1.82, 2.24) is 4.90 Å². The summed E-state index contributed by atoms with van der Waals surface area (Å²) >= 11 is 0. The van der Waals surface area contributed by atoms with E-state index in [1.807, 2.05) is 26.1 Å². The second-order valence-corrected chi connectivity index (χ2v) is 4.25. The molecule has 0 bridgehead atoms. The van der Waals surface area contributed by atoms with Crippen LogP contribution < -0.4 is 0 Å². The molecule has 1 aromatic rings. The molecular weight excluding hydrogens is 218 g/mol. The molecule has 1 rings (SSSR count). The van der Waals surface area contributed by atoms with Crippen molar-refractivity contribution in [3.05, 3.63) is 23.7 Å². The van der Waals surface area contributed by atoms with Crippen LogP contribution in [0.5, 0.6) is 0 Å². The highest BCUT2D eigenvalue weighted by atomic mass is 16.5. The van der Waals surface area contributed by atoms with Crippen LogP contribution in [0, 0.1) is 6.92 Å². The molecule has 0 aromatic carbocycles. The molecule has 96 valence electrons. The van der Waals surface area contributed by atoms with Gasteiger partial charge in [-0.05, 0) is 39.1 Å². The largest absolute Gasteiger partial charge is 0.469 e. The van der Waals surface area contributed by atoms with Crippen molar-refractivity contribution in [2.45, 2.75) is 26.2 Å². The zero-order chi connectivity index (χ0) is 12.7. The van der Waals surface area contributed by atoms with E-state index in [0.29, 0.717) is 6.42 Å². The van der Waals surface area contributed by atoms with Gasteiger partial charge in [0.1, 0.15) is 11.5 Å². The monoisotopic (exact) mass is 239 g/mol. The van der Waals surface area contributed by atoms with E-state index >= 15 is 0 Å². The summed E-state index contributed by atoms with van der Waals surface area (Å²) < 4.78 is 10.1. The minimum atomic E-state index is -0.139. The Bertz CT molecular complexity index is 346. The first-order valence-electron chi connectivity index (χ1n) is 5.92. The average molecular weight is 239 g/mol. The Labute approximate surface area is 103 Å². The first-order chi connectivity index (χ1) is 8.11. The molecule has 0 spiro atoms. The molecule has 0 aliphatic rings. The highest BCUT2D eigenvalue weighted by molar-refractivity contribution is 5.69. The van der Waals surface area contributed by atoms with Crippen molar-refractivity contribution < 1.29 is 13.9 Å². The number of methoxy groups -OCH3 is 1. The number of hydrogen-bond acceptors (Lipinski definition) is 4. The summed E-state index contributed by atoms with van der Waals surface area (Å²) in [5, 5.41) is 0. The summed E-state index contributed by atoms with van der Waals surface area (Å²) in [5.74, 6) is 1.83. The zero-order valence-electron chi connectivity index (χ0n) is 10.9. The van der Waals surface area contributed by atoms with Crippen LogP contribution in [0.3, 0.4) is 0 Å². The predicted molar refractivity (Wildman–Crippen MR) is 65.9 cm³/mol. The van der Waals surface area contributed by atoms with Crippen LogP contribution in [-0.2, 0) is 16.0 Å². The number of furan rings is 1. The third-order valence-corrected chi connectivity index (χ3v) is 2.68. The second kappa shape index (κ2) is 7.12. The molecule has 0 aliphatic carbocycles. The predicted octanol–water partition coefficient (Wildman–Crippen LogP) is 2.02. The van der Waals surface area contributed by atoms with Gasteiger partial charge in [-0.25, -0.2) is 0 Å². The Kier molecular flexibility index (Phi) is 5.77. The summed E-state index contributed by atoms with van der Waals surface area (Å²) in [7, 11) is 3.47. The number of hydrogen-bond donors (Lipinski definition) is 0. The molecule has 0 aliphatic heterocycles. The number of ether oxygens (including phenoxy) is 1. The van der Waals surface area contributed by atoms with Gasteiger partial charge in [-0.2, -0.15) is 0 Å². The van der Waals surface area contributed by atoms with Crippen LogP contribution >= 0.6 is 0 Å². The van der Waals surface area contributed by atoms with Gasteiger partial charge in [-0.15, -0.1) is 0 Å². The van der Waals surface area contributed by atoms with E-state index in [4.69, 9.17) is 4.42 Å². The molecule has 1 aromatic heterocycles. The molecule has 0 fully saturated rings. The number of nitrogens with zero attached hydrogens (tertiary/aromatic N) is 1. The fraction of sp³-hybridized carbons (Fsp3) is 0.615. The van der Waals surface area contributed by atoms with E-state index in [0.717, 1.165) is 37.5 Å². The molecule has 4 nitrogen and oxygen atoms in total. The Balaban J connectivity index is 2.13. The number of likely N-dealkylation sites (N-methyl/N-ethyl adjacent to an activating group) is 1. The number of esters is 1.